The van der Waals surface area contributed by atoms with Gasteiger partial charge >= 0.3 is 5.97 Å². The van der Waals surface area contributed by atoms with Crippen molar-refractivity contribution in [2.24, 2.45) is 0 Å². The number of nitrogens with zero attached hydrogens (tertiary/aromatic N) is 1. The molecule has 0 fully saturated rings. The quantitative estimate of drug-likeness (QED) is 0.444. The van der Waals surface area contributed by atoms with Crippen LogP contribution in [0.3, 0.4) is 0 Å². The largest absolute Gasteiger partial charge is 0.457 e. The highest BCUT2D eigenvalue weighted by molar-refractivity contribution is 6.31. The number of esters is 1. The third-order valence-electron chi connectivity index (χ3n) is 3.44. The summed E-state index contributed by atoms with van der Waals surface area (Å²) in [5, 5.41) is 11.6. The van der Waals surface area contributed by atoms with Crippen molar-refractivity contribution in [3.05, 3.63) is 74.8 Å². The summed E-state index contributed by atoms with van der Waals surface area (Å²) in [5.41, 5.74) is 1.19. The Morgan fingerprint density at radius 3 is 2.57 bits per heavy atom. The number of para-hydroxylation sites is 1. The van der Waals surface area contributed by atoms with Gasteiger partial charge in [0.2, 0.25) is 0 Å². The molecule has 0 aliphatic carbocycles. The molecule has 0 aromatic heterocycles. The summed E-state index contributed by atoms with van der Waals surface area (Å²) >= 11 is 6.04. The van der Waals surface area contributed by atoms with E-state index in [4.69, 9.17) is 16.3 Å². The maximum Gasteiger partial charge on any atom is 0.306 e. The van der Waals surface area contributed by atoms with Crippen LogP contribution in [0.25, 0.3) is 0 Å². The van der Waals surface area contributed by atoms with Gasteiger partial charge in [-0.15, -0.1) is 0 Å². The summed E-state index contributed by atoms with van der Waals surface area (Å²) in [6.07, 6.45) is -0.0630. The van der Waals surface area contributed by atoms with Gasteiger partial charge in [0.25, 0.3) is 5.69 Å². The first kappa shape index (κ1) is 17.0. The van der Waals surface area contributed by atoms with Crippen molar-refractivity contribution >= 4 is 23.3 Å². The number of hydrogen-bond acceptors (Lipinski definition) is 4. The molecule has 0 spiro atoms. The molecular formula is C17H16ClNO4. The molecule has 0 radical (unpaired) electrons. The highest BCUT2D eigenvalue weighted by Gasteiger charge is 2.21. The van der Waals surface area contributed by atoms with Crippen LogP contribution in [0.5, 0.6) is 0 Å². The van der Waals surface area contributed by atoms with Gasteiger partial charge in [0.1, 0.15) is 6.10 Å². The van der Waals surface area contributed by atoms with Crippen molar-refractivity contribution in [3.63, 3.8) is 0 Å². The third-order valence-corrected chi connectivity index (χ3v) is 3.80. The van der Waals surface area contributed by atoms with Crippen molar-refractivity contribution in [2.75, 3.05) is 0 Å². The lowest BCUT2D eigenvalue weighted by Gasteiger charge is -2.14. The summed E-state index contributed by atoms with van der Waals surface area (Å²) in [4.78, 5) is 22.5. The summed E-state index contributed by atoms with van der Waals surface area (Å²) in [5.74, 6) is -0.421. The van der Waals surface area contributed by atoms with Gasteiger partial charge < -0.3 is 4.74 Å². The molecule has 0 saturated carbocycles. The predicted molar refractivity (Wildman–Crippen MR) is 87.4 cm³/mol. The number of aryl methyl sites for hydroxylation is 1. The number of ether oxygens (including phenoxy) is 1. The van der Waals surface area contributed by atoms with E-state index in [2.05, 4.69) is 0 Å². The third kappa shape index (κ3) is 4.53. The number of carbonyl (C=O) groups is 1. The van der Waals surface area contributed by atoms with Gasteiger partial charge in [0.15, 0.2) is 0 Å². The van der Waals surface area contributed by atoms with Crippen LogP contribution in [0.4, 0.5) is 5.69 Å². The van der Waals surface area contributed by atoms with Crippen LogP contribution in [0.15, 0.2) is 48.5 Å². The second-order valence-electron chi connectivity index (χ2n) is 5.04. The van der Waals surface area contributed by atoms with Crippen LogP contribution in [0.2, 0.25) is 5.02 Å². The lowest BCUT2D eigenvalue weighted by Crippen LogP contribution is -2.11. The molecule has 0 aliphatic heterocycles. The minimum Gasteiger partial charge on any atom is -0.457 e. The maximum atomic E-state index is 12.0. The molecule has 2 rings (SSSR count). The molecule has 1 unspecified atom stereocenters. The number of carbonyl (C=O) groups excluding carboxylic acids is 1. The Hall–Kier alpha value is -2.40. The molecule has 23 heavy (non-hydrogen) atoms. The van der Waals surface area contributed by atoms with Crippen LogP contribution in [0, 0.1) is 10.1 Å². The van der Waals surface area contributed by atoms with Crippen LogP contribution >= 0.6 is 11.6 Å². The molecule has 6 heteroatoms. The zero-order valence-corrected chi connectivity index (χ0v) is 13.3. The summed E-state index contributed by atoms with van der Waals surface area (Å²) in [7, 11) is 0. The lowest BCUT2D eigenvalue weighted by atomic mass is 10.1. The predicted octanol–water partition coefficient (Wildman–Crippen LogP) is 4.49. The Balaban J connectivity index is 1.98. The van der Waals surface area contributed by atoms with E-state index in [0.717, 1.165) is 5.56 Å². The molecule has 0 aliphatic rings. The van der Waals surface area contributed by atoms with Gasteiger partial charge in [0.05, 0.1) is 10.5 Å². The maximum absolute atomic E-state index is 12.0. The normalized spacial score (nSPS) is 11.7. The molecule has 1 atom stereocenters. The molecule has 5 nitrogen and oxygen atoms in total. The van der Waals surface area contributed by atoms with Crippen LogP contribution in [-0.4, -0.2) is 10.9 Å². The monoisotopic (exact) mass is 333 g/mol. The number of hydrogen-bond donors (Lipinski definition) is 0. The van der Waals surface area contributed by atoms with E-state index in [1.807, 2.05) is 18.2 Å². The average molecular weight is 334 g/mol. The summed E-state index contributed by atoms with van der Waals surface area (Å²) < 4.78 is 5.30. The zero-order valence-electron chi connectivity index (χ0n) is 12.6. The number of rotatable bonds is 6. The number of halogens is 1. The standard InChI is InChI=1S/C17H16ClNO4/c1-12(14-7-3-5-9-16(14)19(21)22)23-17(20)11-10-13-6-2-4-8-15(13)18/h2-9,12H,10-11H2,1H3. The van der Waals surface area contributed by atoms with E-state index in [-0.39, 0.29) is 12.1 Å². The molecule has 0 bridgehead atoms. The number of nitro benzene ring substituents is 1. The van der Waals surface area contributed by atoms with Crippen molar-refractivity contribution in [1.82, 2.24) is 0 Å². The van der Waals surface area contributed by atoms with Crippen molar-refractivity contribution < 1.29 is 14.5 Å². The van der Waals surface area contributed by atoms with Crippen LogP contribution < -0.4 is 0 Å². The van der Waals surface area contributed by atoms with Crippen molar-refractivity contribution in [2.45, 2.75) is 25.9 Å². The van der Waals surface area contributed by atoms with Gasteiger partial charge in [-0.05, 0) is 31.0 Å². The minimum atomic E-state index is -0.685. The molecular weight excluding hydrogens is 318 g/mol. The molecule has 0 amide bonds. The van der Waals surface area contributed by atoms with E-state index < -0.39 is 17.0 Å². The van der Waals surface area contributed by atoms with E-state index in [1.54, 1.807) is 31.2 Å². The van der Waals surface area contributed by atoms with Gasteiger partial charge in [-0.3, -0.25) is 14.9 Å². The van der Waals surface area contributed by atoms with E-state index >= 15 is 0 Å². The van der Waals surface area contributed by atoms with E-state index in [0.29, 0.717) is 17.0 Å². The zero-order chi connectivity index (χ0) is 16.8. The topological polar surface area (TPSA) is 69.4 Å². The van der Waals surface area contributed by atoms with Gasteiger partial charge in [-0.25, -0.2) is 0 Å². The molecule has 0 saturated heterocycles. The average Bonchev–Trinajstić information content (AvgIpc) is 2.54. The highest BCUT2D eigenvalue weighted by Crippen LogP contribution is 2.27. The van der Waals surface area contributed by atoms with E-state index in [9.17, 15) is 14.9 Å². The fourth-order valence-electron chi connectivity index (χ4n) is 2.26. The first-order valence-corrected chi connectivity index (χ1v) is 7.53. The van der Waals surface area contributed by atoms with E-state index in [1.165, 1.54) is 6.07 Å². The number of nitro groups is 1. The highest BCUT2D eigenvalue weighted by atomic mass is 35.5. The fourth-order valence-corrected chi connectivity index (χ4v) is 2.49. The smallest absolute Gasteiger partial charge is 0.306 e. The molecule has 2 aromatic carbocycles. The Labute approximate surface area is 139 Å². The Bertz CT molecular complexity index is 717. The molecule has 0 heterocycles. The Morgan fingerprint density at radius 1 is 1.22 bits per heavy atom. The first-order valence-electron chi connectivity index (χ1n) is 7.15. The fraction of sp³-hybridized carbons (Fsp3) is 0.235. The van der Waals surface area contributed by atoms with Gasteiger partial charge in [-0.1, -0.05) is 41.9 Å². The SMILES string of the molecule is CC(OC(=O)CCc1ccccc1Cl)c1ccccc1[N+](=O)[O-]. The Morgan fingerprint density at radius 2 is 1.87 bits per heavy atom. The Kier molecular flexibility index (Phi) is 5.71. The molecule has 0 N–H and O–H groups in total. The second kappa shape index (κ2) is 7.74. The van der Waals surface area contributed by atoms with Crippen LogP contribution in [-0.2, 0) is 16.0 Å². The van der Waals surface area contributed by atoms with Gasteiger partial charge in [-0.2, -0.15) is 0 Å². The van der Waals surface area contributed by atoms with Crippen LogP contribution in [0.1, 0.15) is 30.6 Å². The number of benzene rings is 2. The molecule has 120 valence electrons. The molecule has 2 aromatic rings. The van der Waals surface area contributed by atoms with Gasteiger partial charge in [0, 0.05) is 17.5 Å². The van der Waals surface area contributed by atoms with Crippen molar-refractivity contribution in [1.29, 1.82) is 0 Å². The lowest BCUT2D eigenvalue weighted by molar-refractivity contribution is -0.386. The first-order chi connectivity index (χ1) is 11.0. The summed E-state index contributed by atoms with van der Waals surface area (Å²) in [6, 6.07) is 13.5. The second-order valence-corrected chi connectivity index (χ2v) is 5.45. The van der Waals surface area contributed by atoms with Crippen molar-refractivity contribution in [3.8, 4) is 0 Å². The summed E-state index contributed by atoms with van der Waals surface area (Å²) in [6.45, 7) is 1.62. The minimum absolute atomic E-state index is 0.0566.